The van der Waals surface area contributed by atoms with Gasteiger partial charge in [-0.25, -0.2) is 13.4 Å². The van der Waals surface area contributed by atoms with Crippen molar-refractivity contribution in [2.24, 2.45) is 0 Å². The summed E-state index contributed by atoms with van der Waals surface area (Å²) in [6.07, 6.45) is 3.33. The molecule has 1 atom stereocenters. The first kappa shape index (κ1) is 11.1. The second-order valence-electron chi connectivity index (χ2n) is 3.53. The number of hydrogen-bond acceptors (Lipinski definition) is 4. The van der Waals surface area contributed by atoms with E-state index in [2.05, 4.69) is 9.97 Å². The van der Waals surface area contributed by atoms with Crippen molar-refractivity contribution in [3.63, 3.8) is 0 Å². The Balaban J connectivity index is 2.34. The number of carboxylic acids is 1. The second-order valence-corrected chi connectivity index (χ2v) is 5.39. The molecular formula is C8H11N3O4S. The summed E-state index contributed by atoms with van der Waals surface area (Å²) in [6.45, 7) is 0.234. The monoisotopic (exact) mass is 245 g/mol. The van der Waals surface area contributed by atoms with Crippen LogP contribution in [0.3, 0.4) is 0 Å². The van der Waals surface area contributed by atoms with Crippen molar-refractivity contribution in [3.05, 3.63) is 12.5 Å². The molecule has 88 valence electrons. The number of sulfonamides is 1. The van der Waals surface area contributed by atoms with Gasteiger partial charge in [0.2, 0.25) is 0 Å². The van der Waals surface area contributed by atoms with Gasteiger partial charge in [0.25, 0.3) is 10.0 Å². The van der Waals surface area contributed by atoms with Gasteiger partial charge in [0.1, 0.15) is 6.04 Å². The lowest BCUT2D eigenvalue weighted by molar-refractivity contribution is -0.140. The molecule has 0 bridgehead atoms. The Kier molecular flexibility index (Phi) is 2.68. The van der Waals surface area contributed by atoms with Gasteiger partial charge >= 0.3 is 5.97 Å². The van der Waals surface area contributed by atoms with Gasteiger partial charge in [-0.2, -0.15) is 4.31 Å². The molecule has 16 heavy (non-hydrogen) atoms. The Morgan fingerprint density at radius 3 is 2.94 bits per heavy atom. The molecule has 1 aliphatic heterocycles. The van der Waals surface area contributed by atoms with E-state index in [0.717, 1.165) is 4.31 Å². The first-order valence-corrected chi connectivity index (χ1v) is 6.20. The summed E-state index contributed by atoms with van der Waals surface area (Å²) in [5.74, 6) is -1.11. The molecule has 0 spiro atoms. The van der Waals surface area contributed by atoms with E-state index in [1.165, 1.54) is 12.5 Å². The number of aromatic nitrogens is 2. The number of hydrogen-bond donors (Lipinski definition) is 2. The number of carbonyl (C=O) groups is 1. The van der Waals surface area contributed by atoms with Crippen LogP contribution in [0.2, 0.25) is 0 Å². The third-order valence-corrected chi connectivity index (χ3v) is 4.38. The number of imidazole rings is 1. The normalized spacial score (nSPS) is 22.4. The standard InChI is InChI=1S/C8H11N3O4S/c12-8(13)6-2-1-3-11(6)16(14,15)7-4-9-5-10-7/h4-6H,1-3H2,(H,9,10)(H,12,13)/t6-/m1/s1. The van der Waals surface area contributed by atoms with Gasteiger partial charge in [-0.15, -0.1) is 0 Å². The van der Waals surface area contributed by atoms with Crippen molar-refractivity contribution in [2.45, 2.75) is 23.9 Å². The molecule has 1 aliphatic rings. The van der Waals surface area contributed by atoms with Crippen LogP contribution in [0.25, 0.3) is 0 Å². The molecule has 1 fully saturated rings. The highest BCUT2D eigenvalue weighted by Gasteiger charge is 2.39. The zero-order chi connectivity index (χ0) is 11.8. The van der Waals surface area contributed by atoms with Gasteiger partial charge in [0.15, 0.2) is 5.03 Å². The lowest BCUT2D eigenvalue weighted by Gasteiger charge is -2.19. The van der Waals surface area contributed by atoms with Crippen LogP contribution >= 0.6 is 0 Å². The van der Waals surface area contributed by atoms with Crippen LogP contribution in [0.15, 0.2) is 17.6 Å². The van der Waals surface area contributed by atoms with Crippen molar-refractivity contribution in [1.29, 1.82) is 0 Å². The SMILES string of the molecule is O=C(O)[C@H]1CCCN1S(=O)(=O)c1cnc[nH]1. The van der Waals surface area contributed by atoms with Gasteiger partial charge in [0, 0.05) is 6.54 Å². The van der Waals surface area contributed by atoms with E-state index < -0.39 is 22.0 Å². The van der Waals surface area contributed by atoms with E-state index >= 15 is 0 Å². The average molecular weight is 245 g/mol. The molecule has 0 aromatic carbocycles. The first-order valence-electron chi connectivity index (χ1n) is 4.76. The summed E-state index contributed by atoms with van der Waals surface area (Å²) in [5.41, 5.74) is 0. The fourth-order valence-electron chi connectivity index (χ4n) is 1.79. The summed E-state index contributed by atoms with van der Waals surface area (Å²) in [5, 5.41) is 8.84. The Morgan fingerprint density at radius 1 is 1.62 bits per heavy atom. The van der Waals surface area contributed by atoms with E-state index in [0.29, 0.717) is 12.8 Å². The lowest BCUT2D eigenvalue weighted by Crippen LogP contribution is -2.40. The van der Waals surface area contributed by atoms with Gasteiger partial charge in [-0.3, -0.25) is 4.79 Å². The van der Waals surface area contributed by atoms with Crippen molar-refractivity contribution in [1.82, 2.24) is 14.3 Å². The summed E-state index contributed by atoms with van der Waals surface area (Å²) in [4.78, 5) is 17.0. The maximum atomic E-state index is 12.0. The maximum absolute atomic E-state index is 12.0. The predicted octanol–water partition coefficient (Wildman–Crippen LogP) is -0.353. The van der Waals surface area contributed by atoms with E-state index in [9.17, 15) is 13.2 Å². The number of aliphatic carboxylic acids is 1. The zero-order valence-corrected chi connectivity index (χ0v) is 9.14. The fraction of sp³-hybridized carbons (Fsp3) is 0.500. The van der Waals surface area contributed by atoms with E-state index in [-0.39, 0.29) is 11.6 Å². The highest BCUT2D eigenvalue weighted by molar-refractivity contribution is 7.89. The fourth-order valence-corrected chi connectivity index (χ4v) is 3.33. The molecule has 0 radical (unpaired) electrons. The molecule has 2 heterocycles. The van der Waals surface area contributed by atoms with E-state index in [1.807, 2.05) is 0 Å². The molecule has 0 saturated carbocycles. The highest BCUT2D eigenvalue weighted by Crippen LogP contribution is 2.24. The Labute approximate surface area is 92.2 Å². The smallest absolute Gasteiger partial charge is 0.322 e. The van der Waals surface area contributed by atoms with Crippen LogP contribution in [0.4, 0.5) is 0 Å². The number of carboxylic acid groups (broad SMARTS) is 1. The van der Waals surface area contributed by atoms with Crippen LogP contribution in [0.5, 0.6) is 0 Å². The molecular weight excluding hydrogens is 234 g/mol. The average Bonchev–Trinajstić information content (AvgIpc) is 2.89. The molecule has 1 aromatic heterocycles. The third-order valence-electron chi connectivity index (χ3n) is 2.55. The molecule has 7 nitrogen and oxygen atoms in total. The van der Waals surface area contributed by atoms with Crippen molar-refractivity contribution >= 4 is 16.0 Å². The van der Waals surface area contributed by atoms with Crippen LogP contribution in [0.1, 0.15) is 12.8 Å². The number of H-pyrrole nitrogens is 1. The van der Waals surface area contributed by atoms with E-state index in [1.54, 1.807) is 0 Å². The van der Waals surface area contributed by atoms with Gasteiger partial charge in [0.05, 0.1) is 12.5 Å². The molecule has 0 unspecified atom stereocenters. The number of aromatic amines is 1. The Hall–Kier alpha value is -1.41. The minimum Gasteiger partial charge on any atom is -0.480 e. The lowest BCUT2D eigenvalue weighted by atomic mass is 10.2. The molecule has 2 N–H and O–H groups in total. The topological polar surface area (TPSA) is 103 Å². The zero-order valence-electron chi connectivity index (χ0n) is 8.33. The highest BCUT2D eigenvalue weighted by atomic mass is 32.2. The van der Waals surface area contributed by atoms with Crippen molar-refractivity contribution < 1.29 is 18.3 Å². The molecule has 1 aromatic rings. The van der Waals surface area contributed by atoms with E-state index in [4.69, 9.17) is 5.11 Å². The van der Waals surface area contributed by atoms with Gasteiger partial charge in [-0.1, -0.05) is 0 Å². The summed E-state index contributed by atoms with van der Waals surface area (Å²) < 4.78 is 25.0. The predicted molar refractivity (Wildman–Crippen MR) is 53.1 cm³/mol. The number of rotatable bonds is 3. The van der Waals surface area contributed by atoms with Crippen LogP contribution < -0.4 is 0 Å². The minimum absolute atomic E-state index is 0.0688. The van der Waals surface area contributed by atoms with Gasteiger partial charge < -0.3 is 10.1 Å². The minimum atomic E-state index is -3.76. The quantitative estimate of drug-likeness (QED) is 0.757. The largest absolute Gasteiger partial charge is 0.480 e. The Morgan fingerprint density at radius 2 is 2.38 bits per heavy atom. The van der Waals surface area contributed by atoms with Crippen LogP contribution in [-0.2, 0) is 14.8 Å². The maximum Gasteiger partial charge on any atom is 0.322 e. The second kappa shape index (κ2) is 3.87. The molecule has 8 heteroatoms. The molecule has 0 aliphatic carbocycles. The van der Waals surface area contributed by atoms with Crippen molar-refractivity contribution in [2.75, 3.05) is 6.54 Å². The van der Waals surface area contributed by atoms with Gasteiger partial charge in [-0.05, 0) is 12.8 Å². The molecule has 0 amide bonds. The summed E-state index contributed by atoms with van der Waals surface area (Å²) in [6, 6.07) is -0.965. The number of nitrogens with zero attached hydrogens (tertiary/aromatic N) is 2. The van der Waals surface area contributed by atoms with Crippen molar-refractivity contribution in [3.8, 4) is 0 Å². The molecule has 2 rings (SSSR count). The van der Waals surface area contributed by atoms with Crippen LogP contribution in [-0.4, -0.2) is 46.4 Å². The number of nitrogens with one attached hydrogen (secondary N) is 1. The van der Waals surface area contributed by atoms with Crippen LogP contribution in [0, 0.1) is 0 Å². The first-order chi connectivity index (χ1) is 7.53. The summed E-state index contributed by atoms with van der Waals surface area (Å²) >= 11 is 0. The molecule has 1 saturated heterocycles. The Bertz CT molecular complexity index is 481. The summed E-state index contributed by atoms with van der Waals surface area (Å²) in [7, 11) is -3.76. The third kappa shape index (κ3) is 1.69.